The molecule has 0 unspecified atom stereocenters. The van der Waals surface area contributed by atoms with E-state index >= 15 is 0 Å². The van der Waals surface area contributed by atoms with Crippen LogP contribution in [0.1, 0.15) is 16.7 Å². The van der Waals surface area contributed by atoms with Crippen molar-refractivity contribution in [2.45, 2.75) is 6.42 Å². The van der Waals surface area contributed by atoms with E-state index in [4.69, 9.17) is 5.73 Å². The number of urea groups is 1. The Morgan fingerprint density at radius 1 is 0.963 bits per heavy atom. The lowest BCUT2D eigenvalue weighted by Gasteiger charge is -2.22. The maximum atomic E-state index is 13.7. The summed E-state index contributed by atoms with van der Waals surface area (Å²) in [5, 5.41) is 0. The number of fused-ring (bicyclic) bond motifs is 1. The molecule has 0 saturated carbocycles. The van der Waals surface area contributed by atoms with Crippen LogP contribution in [0.5, 0.6) is 0 Å². The van der Waals surface area contributed by atoms with Crippen molar-refractivity contribution in [3.63, 3.8) is 0 Å². The third-order valence-electron chi connectivity index (χ3n) is 4.61. The molecule has 5 heteroatoms. The normalized spacial score (nSPS) is 12.9. The van der Waals surface area contributed by atoms with E-state index < -0.39 is 6.03 Å². The van der Waals surface area contributed by atoms with Crippen molar-refractivity contribution < 1.29 is 9.18 Å². The number of rotatable bonds is 3. The molecule has 2 N–H and O–H groups in total. The van der Waals surface area contributed by atoms with Crippen LogP contribution in [0, 0.1) is 5.82 Å². The molecule has 0 bridgehead atoms. The molecule has 27 heavy (non-hydrogen) atoms. The van der Waals surface area contributed by atoms with E-state index in [1.165, 1.54) is 17.0 Å². The van der Waals surface area contributed by atoms with E-state index in [9.17, 15) is 9.18 Å². The highest BCUT2D eigenvalue weighted by Gasteiger charge is 2.18. The first-order valence-electron chi connectivity index (χ1n) is 8.72. The molecular weight excluding hydrogens is 341 g/mol. The van der Waals surface area contributed by atoms with Gasteiger partial charge in [-0.05, 0) is 48.4 Å². The van der Waals surface area contributed by atoms with Crippen LogP contribution in [-0.2, 0) is 6.42 Å². The summed E-state index contributed by atoms with van der Waals surface area (Å²) in [6.45, 7) is 0.674. The largest absolute Gasteiger partial charge is 0.351 e. The Morgan fingerprint density at radius 3 is 2.37 bits per heavy atom. The van der Waals surface area contributed by atoms with Gasteiger partial charge >= 0.3 is 6.03 Å². The number of hydrogen-bond acceptors (Lipinski definition) is 2. The zero-order valence-electron chi connectivity index (χ0n) is 14.6. The lowest BCUT2D eigenvalue weighted by molar-refractivity contribution is 0.256. The molecule has 1 aliphatic rings. The number of anilines is 2. The summed E-state index contributed by atoms with van der Waals surface area (Å²) in [7, 11) is 0. The molecule has 4 nitrogen and oxygen atoms in total. The molecular formula is C22H18FN3O. The molecule has 3 aromatic carbocycles. The van der Waals surface area contributed by atoms with Crippen LogP contribution < -0.4 is 10.6 Å². The summed E-state index contributed by atoms with van der Waals surface area (Å²) in [5.41, 5.74) is 10.5. The lowest BCUT2D eigenvalue weighted by Crippen LogP contribution is -2.31. The molecule has 3 aromatic rings. The topological polar surface area (TPSA) is 58.7 Å². The van der Waals surface area contributed by atoms with Gasteiger partial charge in [-0.15, -0.1) is 0 Å². The SMILES string of the molecule is NC(=O)N(c1ccccc1)c1ccc(C2=NCCc3ccc(F)cc32)cc1. The van der Waals surface area contributed by atoms with Crippen LogP contribution in [0.3, 0.4) is 0 Å². The Labute approximate surface area is 156 Å². The third kappa shape index (κ3) is 3.31. The van der Waals surface area contributed by atoms with Gasteiger partial charge in [0.1, 0.15) is 5.82 Å². The molecule has 134 valence electrons. The lowest BCUT2D eigenvalue weighted by atomic mass is 9.93. The Morgan fingerprint density at radius 2 is 1.67 bits per heavy atom. The molecule has 0 aliphatic carbocycles. The highest BCUT2D eigenvalue weighted by Crippen LogP contribution is 2.27. The van der Waals surface area contributed by atoms with E-state index in [0.717, 1.165) is 28.8 Å². The van der Waals surface area contributed by atoms with Crippen LogP contribution in [0.2, 0.25) is 0 Å². The quantitative estimate of drug-likeness (QED) is 0.739. The van der Waals surface area contributed by atoms with Crippen LogP contribution in [0.15, 0.2) is 77.8 Å². The van der Waals surface area contributed by atoms with E-state index in [-0.39, 0.29) is 5.82 Å². The standard InChI is InChI=1S/C22H18FN3O/c23-17-9-6-15-12-13-25-21(20(15)14-17)16-7-10-19(11-8-16)26(22(24)27)18-4-2-1-3-5-18/h1-11,14H,12-13H2,(H2,24,27). The minimum atomic E-state index is -0.559. The van der Waals surface area contributed by atoms with Crippen molar-refractivity contribution in [3.8, 4) is 0 Å². The fourth-order valence-corrected chi connectivity index (χ4v) is 3.36. The van der Waals surface area contributed by atoms with E-state index in [0.29, 0.717) is 17.9 Å². The Hall–Kier alpha value is -3.47. The monoisotopic (exact) mass is 359 g/mol. The second kappa shape index (κ2) is 7.03. The molecule has 0 atom stereocenters. The summed E-state index contributed by atoms with van der Waals surface area (Å²) in [5.74, 6) is -0.274. The van der Waals surface area contributed by atoms with Gasteiger partial charge in [0.15, 0.2) is 0 Å². The number of primary amides is 1. The maximum Gasteiger partial charge on any atom is 0.323 e. The van der Waals surface area contributed by atoms with Gasteiger partial charge in [-0.1, -0.05) is 36.4 Å². The molecule has 0 spiro atoms. The summed E-state index contributed by atoms with van der Waals surface area (Å²) in [6, 6.07) is 20.9. The summed E-state index contributed by atoms with van der Waals surface area (Å²) < 4.78 is 13.7. The van der Waals surface area contributed by atoms with Crippen LogP contribution in [0.4, 0.5) is 20.6 Å². The van der Waals surface area contributed by atoms with Crippen LogP contribution in [-0.4, -0.2) is 18.3 Å². The Bertz CT molecular complexity index is 1010. The summed E-state index contributed by atoms with van der Waals surface area (Å²) >= 11 is 0. The van der Waals surface area contributed by atoms with Crippen LogP contribution >= 0.6 is 0 Å². The molecule has 0 aromatic heterocycles. The number of carbonyl (C=O) groups is 1. The van der Waals surface area contributed by atoms with Crippen molar-refractivity contribution in [1.82, 2.24) is 0 Å². The number of benzene rings is 3. The number of amides is 2. The first-order valence-corrected chi connectivity index (χ1v) is 8.72. The fraction of sp³-hybridized carbons (Fsp3) is 0.0909. The molecule has 1 heterocycles. The van der Waals surface area contributed by atoms with Gasteiger partial charge in [0.2, 0.25) is 0 Å². The second-order valence-electron chi connectivity index (χ2n) is 6.34. The molecule has 4 rings (SSSR count). The minimum Gasteiger partial charge on any atom is -0.351 e. The molecule has 2 amide bonds. The Balaban J connectivity index is 1.70. The number of nitrogens with two attached hydrogens (primary N) is 1. The molecule has 0 radical (unpaired) electrons. The zero-order chi connectivity index (χ0) is 18.8. The van der Waals surface area contributed by atoms with E-state index in [1.807, 2.05) is 60.7 Å². The number of halogens is 1. The first-order chi connectivity index (χ1) is 13.1. The van der Waals surface area contributed by atoms with Crippen molar-refractivity contribution in [3.05, 3.63) is 95.3 Å². The predicted octanol–water partition coefficient (Wildman–Crippen LogP) is 4.44. The number of hydrogen-bond donors (Lipinski definition) is 1. The van der Waals surface area contributed by atoms with Gasteiger partial charge < -0.3 is 5.73 Å². The second-order valence-corrected chi connectivity index (χ2v) is 6.34. The van der Waals surface area contributed by atoms with Gasteiger partial charge in [0.05, 0.1) is 17.1 Å². The molecule has 0 saturated heterocycles. The first kappa shape index (κ1) is 17.0. The third-order valence-corrected chi connectivity index (χ3v) is 4.61. The number of para-hydroxylation sites is 1. The molecule has 1 aliphatic heterocycles. The smallest absolute Gasteiger partial charge is 0.323 e. The maximum absolute atomic E-state index is 13.7. The van der Waals surface area contributed by atoms with Gasteiger partial charge in [0.25, 0.3) is 0 Å². The van der Waals surface area contributed by atoms with Gasteiger partial charge in [-0.3, -0.25) is 9.89 Å². The Kier molecular flexibility index (Phi) is 4.42. The average Bonchev–Trinajstić information content (AvgIpc) is 2.69. The van der Waals surface area contributed by atoms with Crippen molar-refractivity contribution >= 4 is 23.1 Å². The van der Waals surface area contributed by atoms with E-state index in [1.54, 1.807) is 0 Å². The number of aliphatic imine (C=N–C) groups is 1. The summed E-state index contributed by atoms with van der Waals surface area (Å²) in [4.78, 5) is 18.0. The molecule has 0 fully saturated rings. The van der Waals surface area contributed by atoms with Crippen molar-refractivity contribution in [1.29, 1.82) is 0 Å². The van der Waals surface area contributed by atoms with E-state index in [2.05, 4.69) is 4.99 Å². The minimum absolute atomic E-state index is 0.274. The van der Waals surface area contributed by atoms with Gasteiger partial charge in [-0.2, -0.15) is 0 Å². The van der Waals surface area contributed by atoms with Crippen molar-refractivity contribution in [2.75, 3.05) is 11.4 Å². The van der Waals surface area contributed by atoms with Crippen molar-refractivity contribution in [2.24, 2.45) is 10.7 Å². The predicted molar refractivity (Wildman–Crippen MR) is 105 cm³/mol. The highest BCUT2D eigenvalue weighted by molar-refractivity contribution is 6.14. The highest BCUT2D eigenvalue weighted by atomic mass is 19.1. The fourth-order valence-electron chi connectivity index (χ4n) is 3.36. The zero-order valence-corrected chi connectivity index (χ0v) is 14.6. The van der Waals surface area contributed by atoms with Crippen LogP contribution in [0.25, 0.3) is 0 Å². The number of nitrogens with zero attached hydrogens (tertiary/aromatic N) is 2. The van der Waals surface area contributed by atoms with Gasteiger partial charge in [0, 0.05) is 17.7 Å². The average molecular weight is 359 g/mol. The van der Waals surface area contributed by atoms with Gasteiger partial charge in [-0.25, -0.2) is 9.18 Å². The summed E-state index contributed by atoms with van der Waals surface area (Å²) in [6.07, 6.45) is 0.806. The number of carbonyl (C=O) groups excluding carboxylic acids is 1.